The molecule has 4 heterocycles. The van der Waals surface area contributed by atoms with Crippen molar-refractivity contribution in [2.45, 2.75) is 26.3 Å². The van der Waals surface area contributed by atoms with Gasteiger partial charge in [-0.1, -0.05) is 6.58 Å². The topological polar surface area (TPSA) is 102 Å². The summed E-state index contributed by atoms with van der Waals surface area (Å²) in [6.07, 6.45) is 8.92. The van der Waals surface area contributed by atoms with Crippen LogP contribution in [0.15, 0.2) is 67.6 Å². The molecule has 2 aromatic carbocycles. The van der Waals surface area contributed by atoms with Gasteiger partial charge in [0.2, 0.25) is 5.91 Å². The van der Waals surface area contributed by atoms with E-state index in [1.165, 1.54) is 6.08 Å². The van der Waals surface area contributed by atoms with Crippen molar-refractivity contribution in [3.8, 4) is 22.8 Å². The molecule has 9 nitrogen and oxygen atoms in total. The number of hydrogen-bond donors (Lipinski definition) is 1. The molecule has 1 fully saturated rings. The second kappa shape index (κ2) is 9.50. The van der Waals surface area contributed by atoms with Crippen LogP contribution in [0.5, 0.6) is 11.5 Å². The number of aryl methyl sites for hydroxylation is 1. The van der Waals surface area contributed by atoms with Gasteiger partial charge >= 0.3 is 0 Å². The van der Waals surface area contributed by atoms with Crippen LogP contribution in [0.4, 0.5) is 0 Å². The molecule has 1 N–H and O–H groups in total. The number of nitrogens with one attached hydrogen (secondary N) is 1. The molecule has 5 aromatic rings. The van der Waals surface area contributed by atoms with E-state index >= 15 is 0 Å². The molecule has 0 unspecified atom stereocenters. The summed E-state index contributed by atoms with van der Waals surface area (Å²) in [5, 5.41) is 4.56. The van der Waals surface area contributed by atoms with Gasteiger partial charge in [0.25, 0.3) is 0 Å². The van der Waals surface area contributed by atoms with E-state index < -0.39 is 0 Å². The summed E-state index contributed by atoms with van der Waals surface area (Å²) in [5.74, 6) is 2.77. The fourth-order valence-corrected chi connectivity index (χ4v) is 4.83. The van der Waals surface area contributed by atoms with Gasteiger partial charge in [0.15, 0.2) is 0 Å². The van der Waals surface area contributed by atoms with Crippen LogP contribution in [-0.4, -0.2) is 53.6 Å². The van der Waals surface area contributed by atoms with E-state index in [4.69, 9.17) is 9.72 Å². The van der Waals surface area contributed by atoms with E-state index in [2.05, 4.69) is 26.6 Å². The number of hydrogen-bond acceptors (Lipinski definition) is 6. The molecule has 186 valence electrons. The van der Waals surface area contributed by atoms with Gasteiger partial charge < -0.3 is 14.6 Å². The molecule has 0 bridgehead atoms. The molecular formula is C28H27N7O2. The molecule has 3 aromatic heterocycles. The number of imidazole rings is 1. The number of carbonyl (C=O) groups is 1. The fraction of sp³-hybridized carbons (Fsp3) is 0.250. The number of benzene rings is 2. The molecule has 1 aliphatic heterocycles. The van der Waals surface area contributed by atoms with Gasteiger partial charge in [-0.3, -0.25) is 14.5 Å². The zero-order valence-electron chi connectivity index (χ0n) is 20.6. The highest BCUT2D eigenvalue weighted by atomic mass is 16.5. The Bertz CT molecular complexity index is 1610. The lowest BCUT2D eigenvalue weighted by molar-refractivity contribution is -0.127. The number of piperidine rings is 1. The molecular weight excluding hydrogens is 466 g/mol. The summed E-state index contributed by atoms with van der Waals surface area (Å²) in [7, 11) is 0. The average Bonchev–Trinajstić information content (AvgIpc) is 3.53. The Kier molecular flexibility index (Phi) is 5.88. The summed E-state index contributed by atoms with van der Waals surface area (Å²) >= 11 is 0. The minimum Gasteiger partial charge on any atom is -0.457 e. The molecule has 1 aliphatic rings. The lowest BCUT2D eigenvalue weighted by atomic mass is 9.97. The van der Waals surface area contributed by atoms with Crippen LogP contribution >= 0.6 is 0 Å². The van der Waals surface area contributed by atoms with Gasteiger partial charge in [-0.25, -0.2) is 9.97 Å². The number of amides is 1. The Hall–Kier alpha value is -4.53. The standard InChI is InChI=1S/C28H27N7O2/c1-3-28(36)34-10-8-19(9-11-34)16-35-17-20(14-30-35)27-15-29-23-6-4-21(12-25(23)33-27)37-22-5-7-24-26(13-22)32-18(2)31-24/h3-7,12-15,17,19H,1,8-11,16H2,2H3,(H,31,32). The Morgan fingerprint density at radius 3 is 2.68 bits per heavy atom. The number of rotatable bonds is 6. The van der Waals surface area contributed by atoms with E-state index in [1.807, 2.05) is 65.3 Å². The maximum Gasteiger partial charge on any atom is 0.245 e. The maximum absolute atomic E-state index is 11.8. The van der Waals surface area contributed by atoms with E-state index in [1.54, 1.807) is 6.20 Å². The lowest BCUT2D eigenvalue weighted by Crippen LogP contribution is -2.38. The van der Waals surface area contributed by atoms with Crippen LogP contribution in [-0.2, 0) is 11.3 Å². The van der Waals surface area contributed by atoms with Crippen LogP contribution in [0, 0.1) is 12.8 Å². The number of fused-ring (bicyclic) bond motifs is 2. The molecule has 1 amide bonds. The van der Waals surface area contributed by atoms with Crippen molar-refractivity contribution in [2.75, 3.05) is 13.1 Å². The highest BCUT2D eigenvalue weighted by Crippen LogP contribution is 2.28. The zero-order chi connectivity index (χ0) is 25.4. The van der Waals surface area contributed by atoms with Crippen LogP contribution in [0.3, 0.4) is 0 Å². The number of likely N-dealkylation sites (tertiary alicyclic amines) is 1. The minimum absolute atomic E-state index is 0.0113. The van der Waals surface area contributed by atoms with Crippen molar-refractivity contribution in [3.05, 3.63) is 73.5 Å². The summed E-state index contributed by atoms with van der Waals surface area (Å²) in [6, 6.07) is 11.5. The van der Waals surface area contributed by atoms with E-state index in [-0.39, 0.29) is 5.91 Å². The Labute approximate surface area is 213 Å². The summed E-state index contributed by atoms with van der Waals surface area (Å²) in [6.45, 7) is 7.85. The third-order valence-electron chi connectivity index (χ3n) is 6.80. The first kappa shape index (κ1) is 22.9. The third kappa shape index (κ3) is 4.80. The van der Waals surface area contributed by atoms with Crippen molar-refractivity contribution < 1.29 is 9.53 Å². The fourth-order valence-electron chi connectivity index (χ4n) is 4.83. The second-order valence-electron chi connectivity index (χ2n) is 9.43. The smallest absolute Gasteiger partial charge is 0.245 e. The van der Waals surface area contributed by atoms with E-state index in [9.17, 15) is 4.79 Å². The highest BCUT2D eigenvalue weighted by Gasteiger charge is 2.22. The normalized spacial score (nSPS) is 14.4. The van der Waals surface area contributed by atoms with Gasteiger partial charge in [0.1, 0.15) is 17.3 Å². The first-order chi connectivity index (χ1) is 18.0. The Morgan fingerprint density at radius 2 is 1.86 bits per heavy atom. The summed E-state index contributed by atoms with van der Waals surface area (Å²) < 4.78 is 8.07. The van der Waals surface area contributed by atoms with Crippen LogP contribution in [0.2, 0.25) is 0 Å². The first-order valence-corrected chi connectivity index (χ1v) is 12.4. The number of carbonyl (C=O) groups excluding carboxylic acids is 1. The molecule has 0 spiro atoms. The number of H-pyrrole nitrogens is 1. The van der Waals surface area contributed by atoms with Crippen molar-refractivity contribution in [1.82, 2.24) is 34.6 Å². The van der Waals surface area contributed by atoms with Crippen molar-refractivity contribution in [2.24, 2.45) is 5.92 Å². The van der Waals surface area contributed by atoms with Crippen LogP contribution in [0.25, 0.3) is 33.3 Å². The van der Waals surface area contributed by atoms with Gasteiger partial charge in [-0.05, 0) is 56.0 Å². The molecule has 6 rings (SSSR count). The monoisotopic (exact) mass is 493 g/mol. The number of aromatic amines is 1. The Balaban J connectivity index is 1.16. The van der Waals surface area contributed by atoms with Crippen LogP contribution < -0.4 is 4.74 Å². The third-order valence-corrected chi connectivity index (χ3v) is 6.80. The SMILES string of the molecule is C=CC(=O)N1CCC(Cn2cc(-c3cnc4ccc(Oc5ccc6nc(C)[nH]c6c5)cc4n3)cn2)CC1. The van der Waals surface area contributed by atoms with Crippen molar-refractivity contribution >= 4 is 28.0 Å². The maximum atomic E-state index is 11.8. The lowest BCUT2D eigenvalue weighted by Gasteiger charge is -2.31. The number of aromatic nitrogens is 6. The molecule has 0 aliphatic carbocycles. The number of ether oxygens (including phenoxy) is 1. The molecule has 9 heteroatoms. The van der Waals surface area contributed by atoms with Gasteiger partial charge in [0, 0.05) is 43.5 Å². The predicted octanol–water partition coefficient (Wildman–Crippen LogP) is 4.89. The molecule has 0 atom stereocenters. The molecule has 0 saturated carbocycles. The van der Waals surface area contributed by atoms with E-state index in [0.29, 0.717) is 11.7 Å². The Morgan fingerprint density at radius 1 is 1.08 bits per heavy atom. The summed E-state index contributed by atoms with van der Waals surface area (Å²) in [5.41, 5.74) is 5.07. The molecule has 1 saturated heterocycles. The van der Waals surface area contributed by atoms with E-state index in [0.717, 1.165) is 77.4 Å². The summed E-state index contributed by atoms with van der Waals surface area (Å²) in [4.78, 5) is 30.8. The van der Waals surface area contributed by atoms with Crippen LogP contribution in [0.1, 0.15) is 18.7 Å². The van der Waals surface area contributed by atoms with Gasteiger partial charge in [0.05, 0.1) is 40.2 Å². The highest BCUT2D eigenvalue weighted by molar-refractivity contribution is 5.87. The average molecular weight is 494 g/mol. The zero-order valence-corrected chi connectivity index (χ0v) is 20.6. The quantitative estimate of drug-likeness (QED) is 0.338. The van der Waals surface area contributed by atoms with Gasteiger partial charge in [-0.2, -0.15) is 5.10 Å². The van der Waals surface area contributed by atoms with Gasteiger partial charge in [-0.15, -0.1) is 0 Å². The largest absolute Gasteiger partial charge is 0.457 e. The first-order valence-electron chi connectivity index (χ1n) is 12.4. The minimum atomic E-state index is 0.0113. The molecule has 0 radical (unpaired) electrons. The van der Waals surface area contributed by atoms with Crippen molar-refractivity contribution in [3.63, 3.8) is 0 Å². The second-order valence-corrected chi connectivity index (χ2v) is 9.43. The number of nitrogens with zero attached hydrogens (tertiary/aromatic N) is 6. The van der Waals surface area contributed by atoms with Crippen molar-refractivity contribution in [1.29, 1.82) is 0 Å². The molecule has 37 heavy (non-hydrogen) atoms. The predicted molar refractivity (Wildman–Crippen MR) is 141 cm³/mol.